The van der Waals surface area contributed by atoms with Gasteiger partial charge in [-0.15, -0.1) is 0 Å². The van der Waals surface area contributed by atoms with Crippen molar-refractivity contribution in [3.63, 3.8) is 0 Å². The van der Waals surface area contributed by atoms with Gasteiger partial charge in [0.2, 0.25) is 5.91 Å². The predicted molar refractivity (Wildman–Crippen MR) is 98.1 cm³/mol. The van der Waals surface area contributed by atoms with Gasteiger partial charge < -0.3 is 9.80 Å². The van der Waals surface area contributed by atoms with Crippen molar-refractivity contribution in [1.29, 1.82) is 0 Å². The van der Waals surface area contributed by atoms with Crippen molar-refractivity contribution in [2.45, 2.75) is 38.1 Å². The highest BCUT2D eigenvalue weighted by molar-refractivity contribution is 5.78. The van der Waals surface area contributed by atoms with E-state index in [0.717, 1.165) is 52.0 Å². The number of likely N-dealkylation sites (N-methyl/N-ethyl adjacent to an activating group) is 1. The lowest BCUT2D eigenvalue weighted by molar-refractivity contribution is -0.134. The van der Waals surface area contributed by atoms with E-state index in [1.54, 1.807) is 0 Å². The predicted octanol–water partition coefficient (Wildman–Crippen LogP) is 2.42. The molecule has 0 aromatic heterocycles. The number of piperidine rings is 1. The van der Waals surface area contributed by atoms with E-state index in [0.29, 0.717) is 24.4 Å². The maximum absolute atomic E-state index is 12.8. The highest BCUT2D eigenvalue weighted by Gasteiger charge is 2.27. The standard InChI is InChI=1S/C20H31N3O/c1-17-15-21(2)11-6-12-23(17)20(24)16-22-13-9-19(10-14-22)18-7-4-3-5-8-18/h3-5,7-8,17,19H,6,9-16H2,1-2H3/t17-/m1/s1. The molecule has 0 N–H and O–H groups in total. The molecule has 1 aromatic rings. The molecule has 4 nitrogen and oxygen atoms in total. The number of hydrogen-bond donors (Lipinski definition) is 0. The van der Waals surface area contributed by atoms with Gasteiger partial charge in [-0.05, 0) is 64.3 Å². The van der Waals surface area contributed by atoms with Crippen molar-refractivity contribution in [2.75, 3.05) is 46.3 Å². The third-order valence-electron chi connectivity index (χ3n) is 5.58. The average molecular weight is 329 g/mol. The summed E-state index contributed by atoms with van der Waals surface area (Å²) < 4.78 is 0. The van der Waals surface area contributed by atoms with E-state index < -0.39 is 0 Å². The van der Waals surface area contributed by atoms with Crippen molar-refractivity contribution in [3.05, 3.63) is 35.9 Å². The molecule has 2 aliphatic heterocycles. The number of likely N-dealkylation sites (tertiary alicyclic amines) is 1. The molecule has 4 heteroatoms. The summed E-state index contributed by atoms with van der Waals surface area (Å²) in [6, 6.07) is 11.1. The lowest BCUT2D eigenvalue weighted by Crippen LogP contribution is -2.47. The molecule has 24 heavy (non-hydrogen) atoms. The van der Waals surface area contributed by atoms with Crippen LogP contribution in [0.15, 0.2) is 30.3 Å². The number of amides is 1. The Bertz CT molecular complexity index is 525. The maximum atomic E-state index is 12.8. The Morgan fingerprint density at radius 1 is 1.08 bits per heavy atom. The fourth-order valence-electron chi connectivity index (χ4n) is 4.17. The van der Waals surface area contributed by atoms with E-state index in [1.165, 1.54) is 5.56 Å². The molecular weight excluding hydrogens is 298 g/mol. The fourth-order valence-corrected chi connectivity index (χ4v) is 4.17. The Morgan fingerprint density at radius 2 is 1.79 bits per heavy atom. The van der Waals surface area contributed by atoms with Crippen LogP contribution in [0.1, 0.15) is 37.7 Å². The van der Waals surface area contributed by atoms with Gasteiger partial charge in [0.05, 0.1) is 6.54 Å². The molecule has 2 saturated heterocycles. The van der Waals surface area contributed by atoms with Crippen LogP contribution in [-0.4, -0.2) is 73.0 Å². The second kappa shape index (κ2) is 8.13. The largest absolute Gasteiger partial charge is 0.338 e. The van der Waals surface area contributed by atoms with E-state index >= 15 is 0 Å². The summed E-state index contributed by atoms with van der Waals surface area (Å²) >= 11 is 0. The van der Waals surface area contributed by atoms with Crippen molar-refractivity contribution < 1.29 is 4.79 Å². The third kappa shape index (κ3) is 4.37. The molecule has 0 bridgehead atoms. The Labute approximate surface area is 146 Å². The Hall–Kier alpha value is -1.39. The van der Waals surface area contributed by atoms with Gasteiger partial charge in [-0.1, -0.05) is 30.3 Å². The maximum Gasteiger partial charge on any atom is 0.237 e. The lowest BCUT2D eigenvalue weighted by atomic mass is 9.89. The molecule has 0 saturated carbocycles. The molecule has 0 aliphatic carbocycles. The second-order valence-corrected chi connectivity index (χ2v) is 7.51. The summed E-state index contributed by atoms with van der Waals surface area (Å²) in [7, 11) is 2.15. The van der Waals surface area contributed by atoms with Crippen LogP contribution < -0.4 is 0 Å². The van der Waals surface area contributed by atoms with Gasteiger partial charge in [-0.3, -0.25) is 9.69 Å². The highest BCUT2D eigenvalue weighted by atomic mass is 16.2. The van der Waals surface area contributed by atoms with Crippen LogP contribution >= 0.6 is 0 Å². The van der Waals surface area contributed by atoms with Gasteiger partial charge >= 0.3 is 0 Å². The molecule has 132 valence electrons. The number of carbonyl (C=O) groups excluding carboxylic acids is 1. The van der Waals surface area contributed by atoms with Gasteiger partial charge in [0.15, 0.2) is 0 Å². The second-order valence-electron chi connectivity index (χ2n) is 7.51. The number of benzene rings is 1. The van der Waals surface area contributed by atoms with Gasteiger partial charge in [0.25, 0.3) is 0 Å². The summed E-state index contributed by atoms with van der Waals surface area (Å²) in [5.41, 5.74) is 1.45. The van der Waals surface area contributed by atoms with Gasteiger partial charge in [-0.25, -0.2) is 0 Å². The van der Waals surface area contributed by atoms with Crippen molar-refractivity contribution in [2.24, 2.45) is 0 Å². The quantitative estimate of drug-likeness (QED) is 0.852. The molecule has 0 spiro atoms. The zero-order valence-electron chi connectivity index (χ0n) is 15.2. The fraction of sp³-hybridized carbons (Fsp3) is 0.650. The molecule has 2 heterocycles. The lowest BCUT2D eigenvalue weighted by Gasteiger charge is -2.34. The topological polar surface area (TPSA) is 26.8 Å². The van der Waals surface area contributed by atoms with Crippen LogP contribution in [0, 0.1) is 0 Å². The molecule has 3 rings (SSSR count). The van der Waals surface area contributed by atoms with E-state index in [-0.39, 0.29) is 0 Å². The molecule has 1 aromatic carbocycles. The number of rotatable bonds is 3. The number of hydrogen-bond acceptors (Lipinski definition) is 3. The van der Waals surface area contributed by atoms with E-state index in [9.17, 15) is 4.79 Å². The average Bonchev–Trinajstić information content (AvgIpc) is 2.76. The van der Waals surface area contributed by atoms with Crippen molar-refractivity contribution >= 4 is 5.91 Å². The van der Waals surface area contributed by atoms with Crippen LogP contribution in [0.3, 0.4) is 0 Å². The van der Waals surface area contributed by atoms with Crippen molar-refractivity contribution in [3.8, 4) is 0 Å². The van der Waals surface area contributed by atoms with Gasteiger partial charge in [0, 0.05) is 19.1 Å². The molecule has 2 fully saturated rings. The van der Waals surface area contributed by atoms with Crippen LogP contribution in [-0.2, 0) is 4.79 Å². The number of nitrogens with zero attached hydrogens (tertiary/aromatic N) is 3. The Kier molecular flexibility index (Phi) is 5.90. The molecule has 2 aliphatic rings. The first-order valence-corrected chi connectivity index (χ1v) is 9.39. The minimum absolute atomic E-state index is 0.316. The SMILES string of the molecule is C[C@@H]1CN(C)CCCN1C(=O)CN1CCC(c2ccccc2)CC1. The molecule has 0 radical (unpaired) electrons. The summed E-state index contributed by atoms with van der Waals surface area (Å²) in [4.78, 5) is 19.5. The normalized spacial score (nSPS) is 24.8. The summed E-state index contributed by atoms with van der Waals surface area (Å²) in [5.74, 6) is 0.972. The minimum Gasteiger partial charge on any atom is -0.338 e. The van der Waals surface area contributed by atoms with Gasteiger partial charge in [-0.2, -0.15) is 0 Å². The highest BCUT2D eigenvalue weighted by Crippen LogP contribution is 2.27. The summed E-state index contributed by atoms with van der Waals surface area (Å²) in [6.45, 7) is 7.83. The van der Waals surface area contributed by atoms with Crippen molar-refractivity contribution in [1.82, 2.24) is 14.7 Å². The zero-order chi connectivity index (χ0) is 16.9. The third-order valence-corrected chi connectivity index (χ3v) is 5.58. The molecule has 0 unspecified atom stereocenters. The minimum atomic E-state index is 0.316. The monoisotopic (exact) mass is 329 g/mol. The Morgan fingerprint density at radius 3 is 2.50 bits per heavy atom. The first-order valence-electron chi connectivity index (χ1n) is 9.39. The number of carbonyl (C=O) groups is 1. The molecule has 1 amide bonds. The van der Waals surface area contributed by atoms with Crippen LogP contribution in [0.25, 0.3) is 0 Å². The first-order chi connectivity index (χ1) is 11.6. The molecular formula is C20H31N3O. The van der Waals surface area contributed by atoms with E-state index in [2.05, 4.69) is 59.0 Å². The van der Waals surface area contributed by atoms with E-state index in [4.69, 9.17) is 0 Å². The van der Waals surface area contributed by atoms with Gasteiger partial charge in [0.1, 0.15) is 0 Å². The zero-order valence-corrected chi connectivity index (χ0v) is 15.2. The summed E-state index contributed by atoms with van der Waals surface area (Å²) in [6.07, 6.45) is 3.41. The summed E-state index contributed by atoms with van der Waals surface area (Å²) in [5, 5.41) is 0. The van der Waals surface area contributed by atoms with Crippen LogP contribution in [0.4, 0.5) is 0 Å². The van der Waals surface area contributed by atoms with E-state index in [1.807, 2.05) is 0 Å². The van der Waals surface area contributed by atoms with Crippen LogP contribution in [0.5, 0.6) is 0 Å². The first kappa shape index (κ1) is 17.4. The van der Waals surface area contributed by atoms with Crippen LogP contribution in [0.2, 0.25) is 0 Å². The Balaban J connectivity index is 1.49. The smallest absolute Gasteiger partial charge is 0.237 e. The molecule has 1 atom stereocenters.